The molecule has 5 nitrogen and oxygen atoms in total. The first-order chi connectivity index (χ1) is 12.9. The van der Waals surface area contributed by atoms with Gasteiger partial charge in [0.15, 0.2) is 4.96 Å². The average Bonchev–Trinajstić information content (AvgIpc) is 2.98. The van der Waals surface area contributed by atoms with Gasteiger partial charge in [-0.1, -0.05) is 32.0 Å². The molecule has 0 saturated heterocycles. The molecule has 0 unspecified atom stereocenters. The van der Waals surface area contributed by atoms with Gasteiger partial charge in [0.1, 0.15) is 0 Å². The largest absolute Gasteiger partial charge is 0.325 e. The van der Waals surface area contributed by atoms with Gasteiger partial charge in [-0.3, -0.25) is 14.0 Å². The first kappa shape index (κ1) is 19.6. The number of thioether (sulfide) groups is 1. The fourth-order valence-corrected chi connectivity index (χ4v) is 4.55. The van der Waals surface area contributed by atoms with Gasteiger partial charge < -0.3 is 5.32 Å². The van der Waals surface area contributed by atoms with Crippen LogP contribution in [0.15, 0.2) is 34.4 Å². The number of para-hydroxylation sites is 1. The Hall–Kier alpha value is -2.12. The second-order valence-electron chi connectivity index (χ2n) is 6.82. The van der Waals surface area contributed by atoms with Crippen molar-refractivity contribution < 1.29 is 4.79 Å². The summed E-state index contributed by atoms with van der Waals surface area (Å²) in [4.78, 5) is 29.8. The summed E-state index contributed by atoms with van der Waals surface area (Å²) in [7, 11) is 0. The Bertz CT molecular complexity index is 1040. The molecule has 27 heavy (non-hydrogen) atoms. The standard InChI is InChI=1S/C20H23N3O2S2/c1-12(2)16-7-5-6-13(3)19(16)22-17(24)11-26-10-15-8-18(25)23-14(4)9-27-20(23)21-15/h5-9,12H,10-11H2,1-4H3,(H,22,24). The molecule has 2 aromatic heterocycles. The normalized spacial score (nSPS) is 11.3. The summed E-state index contributed by atoms with van der Waals surface area (Å²) in [5.41, 5.74) is 4.64. The molecule has 1 aromatic carbocycles. The van der Waals surface area contributed by atoms with Crippen molar-refractivity contribution in [2.45, 2.75) is 39.4 Å². The lowest BCUT2D eigenvalue weighted by molar-refractivity contribution is -0.113. The van der Waals surface area contributed by atoms with Crippen LogP contribution in [0, 0.1) is 13.8 Å². The van der Waals surface area contributed by atoms with Crippen LogP contribution >= 0.6 is 23.1 Å². The van der Waals surface area contributed by atoms with Gasteiger partial charge in [-0.2, -0.15) is 0 Å². The number of amides is 1. The maximum atomic E-state index is 12.4. The van der Waals surface area contributed by atoms with E-state index in [1.54, 1.807) is 10.5 Å². The molecular weight excluding hydrogens is 378 g/mol. The number of rotatable bonds is 6. The molecule has 3 rings (SSSR count). The second kappa shape index (κ2) is 8.27. The van der Waals surface area contributed by atoms with Crippen molar-refractivity contribution >= 4 is 39.7 Å². The molecule has 3 aromatic rings. The molecule has 0 bridgehead atoms. The summed E-state index contributed by atoms with van der Waals surface area (Å²) < 4.78 is 1.61. The zero-order valence-electron chi connectivity index (χ0n) is 15.9. The number of hydrogen-bond donors (Lipinski definition) is 1. The van der Waals surface area contributed by atoms with E-state index < -0.39 is 0 Å². The number of carbonyl (C=O) groups excluding carboxylic acids is 1. The Morgan fingerprint density at radius 2 is 2.11 bits per heavy atom. The van der Waals surface area contributed by atoms with Crippen LogP contribution in [0.25, 0.3) is 4.96 Å². The topological polar surface area (TPSA) is 63.5 Å². The molecule has 0 saturated carbocycles. The lowest BCUT2D eigenvalue weighted by Gasteiger charge is -2.16. The van der Waals surface area contributed by atoms with E-state index in [1.807, 2.05) is 31.4 Å². The molecule has 1 amide bonds. The number of hydrogen-bond acceptors (Lipinski definition) is 5. The molecule has 1 N–H and O–H groups in total. The minimum absolute atomic E-state index is 0.0408. The van der Waals surface area contributed by atoms with Gasteiger partial charge in [-0.25, -0.2) is 4.98 Å². The Morgan fingerprint density at radius 3 is 2.85 bits per heavy atom. The summed E-state index contributed by atoms with van der Waals surface area (Å²) in [6, 6.07) is 7.62. The van der Waals surface area contributed by atoms with E-state index >= 15 is 0 Å². The number of aryl methyl sites for hydroxylation is 2. The Labute approximate surface area is 166 Å². The summed E-state index contributed by atoms with van der Waals surface area (Å²) in [6.45, 7) is 8.13. The third-order valence-corrected chi connectivity index (χ3v) is 6.21. The highest BCUT2D eigenvalue weighted by molar-refractivity contribution is 7.99. The molecular formula is C20H23N3O2S2. The highest BCUT2D eigenvalue weighted by Crippen LogP contribution is 2.27. The molecule has 0 aliphatic carbocycles. The predicted molar refractivity (Wildman–Crippen MR) is 114 cm³/mol. The number of nitrogens with zero attached hydrogens (tertiary/aromatic N) is 2. The Morgan fingerprint density at radius 1 is 1.33 bits per heavy atom. The van der Waals surface area contributed by atoms with Gasteiger partial charge in [-0.15, -0.1) is 23.1 Å². The first-order valence-corrected chi connectivity index (χ1v) is 10.8. The van der Waals surface area contributed by atoms with Crippen LogP contribution in [-0.4, -0.2) is 21.0 Å². The van der Waals surface area contributed by atoms with Crippen LogP contribution in [-0.2, 0) is 10.5 Å². The summed E-state index contributed by atoms with van der Waals surface area (Å²) >= 11 is 2.91. The fourth-order valence-electron chi connectivity index (χ4n) is 2.94. The van der Waals surface area contributed by atoms with Crippen molar-refractivity contribution in [2.24, 2.45) is 0 Å². The van der Waals surface area contributed by atoms with Crippen molar-refractivity contribution in [1.82, 2.24) is 9.38 Å². The third kappa shape index (κ3) is 4.42. The lowest BCUT2D eigenvalue weighted by Crippen LogP contribution is -2.17. The van der Waals surface area contributed by atoms with Crippen LogP contribution in [0.4, 0.5) is 5.69 Å². The highest BCUT2D eigenvalue weighted by atomic mass is 32.2. The monoisotopic (exact) mass is 401 g/mol. The third-order valence-electron chi connectivity index (χ3n) is 4.30. The fraction of sp³-hybridized carbons (Fsp3) is 0.350. The van der Waals surface area contributed by atoms with Crippen molar-refractivity contribution in [3.8, 4) is 0 Å². The van der Waals surface area contributed by atoms with Gasteiger partial charge in [-0.05, 0) is 30.9 Å². The van der Waals surface area contributed by atoms with Crippen molar-refractivity contribution in [3.63, 3.8) is 0 Å². The number of anilines is 1. The van der Waals surface area contributed by atoms with E-state index in [4.69, 9.17) is 0 Å². The van der Waals surface area contributed by atoms with Gasteiger partial charge in [0.05, 0.1) is 11.4 Å². The molecule has 0 atom stereocenters. The SMILES string of the molecule is Cc1cccc(C(C)C)c1NC(=O)CSCc1cc(=O)n2c(C)csc2n1. The van der Waals surface area contributed by atoms with Crippen molar-refractivity contribution in [2.75, 3.05) is 11.1 Å². The van der Waals surface area contributed by atoms with E-state index in [0.29, 0.717) is 28.1 Å². The Kier molecular flexibility index (Phi) is 6.01. The van der Waals surface area contributed by atoms with Crippen LogP contribution in [0.1, 0.15) is 42.3 Å². The quantitative estimate of drug-likeness (QED) is 0.666. The number of aromatic nitrogens is 2. The maximum absolute atomic E-state index is 12.4. The molecule has 0 aliphatic heterocycles. The predicted octanol–water partition coefficient (Wildman–Crippen LogP) is 4.37. The lowest BCUT2D eigenvalue weighted by atomic mass is 9.98. The van der Waals surface area contributed by atoms with Crippen LogP contribution in [0.3, 0.4) is 0 Å². The average molecular weight is 402 g/mol. The summed E-state index contributed by atoms with van der Waals surface area (Å²) in [6.07, 6.45) is 0. The highest BCUT2D eigenvalue weighted by Gasteiger charge is 2.13. The van der Waals surface area contributed by atoms with Gasteiger partial charge >= 0.3 is 0 Å². The van der Waals surface area contributed by atoms with E-state index in [-0.39, 0.29) is 11.5 Å². The van der Waals surface area contributed by atoms with Crippen molar-refractivity contribution in [3.05, 3.63) is 62.5 Å². The minimum Gasteiger partial charge on any atom is -0.325 e. The summed E-state index contributed by atoms with van der Waals surface area (Å²) in [5.74, 6) is 1.14. The van der Waals surface area contributed by atoms with Gasteiger partial charge in [0.2, 0.25) is 5.91 Å². The molecule has 0 spiro atoms. The van der Waals surface area contributed by atoms with Crippen LogP contribution in [0.2, 0.25) is 0 Å². The number of nitrogens with one attached hydrogen (secondary N) is 1. The number of thiazole rings is 1. The first-order valence-electron chi connectivity index (χ1n) is 8.80. The Balaban J connectivity index is 1.63. The molecule has 0 radical (unpaired) electrons. The van der Waals surface area contributed by atoms with Crippen molar-refractivity contribution in [1.29, 1.82) is 0 Å². The molecule has 142 valence electrons. The van der Waals surface area contributed by atoms with Gasteiger partial charge in [0, 0.05) is 28.6 Å². The molecule has 0 fully saturated rings. The maximum Gasteiger partial charge on any atom is 0.258 e. The van der Waals surface area contributed by atoms with Crippen LogP contribution < -0.4 is 10.9 Å². The number of carbonyl (C=O) groups is 1. The second-order valence-corrected chi connectivity index (χ2v) is 8.64. The zero-order valence-corrected chi connectivity index (χ0v) is 17.5. The van der Waals surface area contributed by atoms with E-state index in [2.05, 4.69) is 30.2 Å². The van der Waals surface area contributed by atoms with Crippen LogP contribution in [0.5, 0.6) is 0 Å². The minimum atomic E-state index is -0.0692. The summed E-state index contributed by atoms with van der Waals surface area (Å²) in [5, 5.41) is 4.97. The molecule has 2 heterocycles. The van der Waals surface area contributed by atoms with E-state index in [0.717, 1.165) is 22.5 Å². The smallest absolute Gasteiger partial charge is 0.258 e. The van der Waals surface area contributed by atoms with Gasteiger partial charge in [0.25, 0.3) is 5.56 Å². The molecule has 0 aliphatic rings. The zero-order chi connectivity index (χ0) is 19.6. The number of benzene rings is 1. The van der Waals surface area contributed by atoms with E-state index in [1.165, 1.54) is 23.1 Å². The number of fused-ring (bicyclic) bond motifs is 1. The van der Waals surface area contributed by atoms with E-state index in [9.17, 15) is 9.59 Å². The molecule has 7 heteroatoms.